The second kappa shape index (κ2) is 9.71. The molecular weight excluding hydrogens is 483 g/mol. The summed E-state index contributed by atoms with van der Waals surface area (Å²) >= 11 is 1.93. The highest BCUT2D eigenvalue weighted by Gasteiger charge is 2.45. The standard InChI is InChI=1S/C23H27IO5/c1-6-14(3)10-15(4)8-9-16-11-17-18(13-29-16)19(12-20(25)28-7-2)23(5,27)22(26)21(17)24/h8-14,27H,6-7H2,1-5H3/t14-,23?/m0/s1. The van der Waals surface area contributed by atoms with E-state index in [4.69, 9.17) is 9.47 Å². The van der Waals surface area contributed by atoms with E-state index >= 15 is 0 Å². The molecule has 0 saturated carbocycles. The first-order valence-corrected chi connectivity index (χ1v) is 10.7. The van der Waals surface area contributed by atoms with Crippen molar-refractivity contribution in [2.75, 3.05) is 6.61 Å². The summed E-state index contributed by atoms with van der Waals surface area (Å²) in [7, 11) is 0. The number of allylic oxidation sites excluding steroid dienone is 6. The molecule has 2 atom stereocenters. The van der Waals surface area contributed by atoms with Crippen molar-refractivity contribution in [3.8, 4) is 0 Å². The van der Waals surface area contributed by atoms with Gasteiger partial charge in [-0.25, -0.2) is 4.79 Å². The summed E-state index contributed by atoms with van der Waals surface area (Å²) in [6, 6.07) is 0. The molecule has 2 rings (SSSR count). The van der Waals surface area contributed by atoms with Gasteiger partial charge in [0.25, 0.3) is 0 Å². The number of aliphatic hydroxyl groups is 1. The zero-order valence-corrected chi connectivity index (χ0v) is 19.6. The summed E-state index contributed by atoms with van der Waals surface area (Å²) in [6.07, 6.45) is 11.4. The average Bonchev–Trinajstić information content (AvgIpc) is 2.68. The largest absolute Gasteiger partial charge is 0.464 e. The van der Waals surface area contributed by atoms with Crippen LogP contribution in [0.5, 0.6) is 0 Å². The van der Waals surface area contributed by atoms with Gasteiger partial charge in [-0.1, -0.05) is 38.0 Å². The van der Waals surface area contributed by atoms with E-state index in [0.29, 0.717) is 26.4 Å². The Morgan fingerprint density at radius 3 is 2.72 bits per heavy atom. The summed E-state index contributed by atoms with van der Waals surface area (Å²) in [5.74, 6) is -0.0205. The van der Waals surface area contributed by atoms with Gasteiger partial charge in [0.15, 0.2) is 5.60 Å². The molecule has 0 spiro atoms. The third-order valence-electron chi connectivity index (χ3n) is 4.83. The molecule has 1 aliphatic carbocycles. The van der Waals surface area contributed by atoms with Gasteiger partial charge in [0, 0.05) is 22.8 Å². The number of ether oxygens (including phenoxy) is 2. The summed E-state index contributed by atoms with van der Waals surface area (Å²) in [4.78, 5) is 24.7. The minimum atomic E-state index is -1.83. The van der Waals surface area contributed by atoms with Gasteiger partial charge in [0.2, 0.25) is 5.78 Å². The highest BCUT2D eigenvalue weighted by molar-refractivity contribution is 14.1. The minimum Gasteiger partial charge on any atom is -0.464 e. The van der Waals surface area contributed by atoms with Gasteiger partial charge in [0.05, 0.1) is 16.4 Å². The van der Waals surface area contributed by atoms with Crippen LogP contribution in [0.1, 0.15) is 41.0 Å². The molecule has 0 aromatic carbocycles. The van der Waals surface area contributed by atoms with Crippen molar-refractivity contribution >= 4 is 34.3 Å². The van der Waals surface area contributed by atoms with Gasteiger partial charge in [-0.3, -0.25) is 4.79 Å². The number of carbonyl (C=O) groups excluding carboxylic acids is 2. The van der Waals surface area contributed by atoms with Gasteiger partial charge in [-0.2, -0.15) is 0 Å². The number of Topliss-reactive ketones (excluding diaryl/α,β-unsaturated/α-hetero) is 1. The predicted octanol–water partition coefficient (Wildman–Crippen LogP) is 4.85. The lowest BCUT2D eigenvalue weighted by atomic mass is 9.77. The molecular formula is C23H27IO5. The van der Waals surface area contributed by atoms with Crippen LogP contribution in [0.3, 0.4) is 0 Å². The SMILES string of the molecule is CCOC(=O)C=C1C2=COC(C=CC(C)=C[C@@H](C)CC)=CC2=C(I)C(=O)C1(C)O. The van der Waals surface area contributed by atoms with Crippen LogP contribution in [0, 0.1) is 5.92 Å². The van der Waals surface area contributed by atoms with E-state index in [1.807, 2.05) is 41.7 Å². The maximum atomic E-state index is 12.7. The zero-order chi connectivity index (χ0) is 21.8. The Morgan fingerprint density at radius 2 is 2.10 bits per heavy atom. The predicted molar refractivity (Wildman–Crippen MR) is 121 cm³/mol. The molecule has 1 unspecified atom stereocenters. The Labute approximate surface area is 185 Å². The second-order valence-electron chi connectivity index (χ2n) is 7.26. The molecule has 0 aromatic rings. The third kappa shape index (κ3) is 5.36. The van der Waals surface area contributed by atoms with E-state index in [9.17, 15) is 14.7 Å². The van der Waals surface area contributed by atoms with Crippen molar-refractivity contribution < 1.29 is 24.2 Å². The van der Waals surface area contributed by atoms with E-state index in [1.54, 1.807) is 13.0 Å². The van der Waals surface area contributed by atoms with Gasteiger partial charge >= 0.3 is 5.97 Å². The lowest BCUT2D eigenvalue weighted by Crippen LogP contribution is -2.42. The number of ketones is 1. The Morgan fingerprint density at radius 1 is 1.41 bits per heavy atom. The van der Waals surface area contributed by atoms with Crippen molar-refractivity contribution in [2.45, 2.75) is 46.6 Å². The van der Waals surface area contributed by atoms with Crippen LogP contribution >= 0.6 is 22.6 Å². The first kappa shape index (κ1) is 23.3. The molecule has 0 radical (unpaired) electrons. The third-order valence-corrected chi connectivity index (χ3v) is 5.90. The van der Waals surface area contributed by atoms with Crippen LogP contribution in [-0.2, 0) is 19.1 Å². The number of halogens is 1. The Hall–Kier alpha value is -1.93. The zero-order valence-electron chi connectivity index (χ0n) is 17.4. The summed E-state index contributed by atoms with van der Waals surface area (Å²) in [5, 5.41) is 10.8. The number of rotatable bonds is 6. The monoisotopic (exact) mass is 510 g/mol. The Balaban J connectivity index is 2.42. The number of fused-ring (bicyclic) bond motifs is 1. The first-order valence-electron chi connectivity index (χ1n) is 9.63. The van der Waals surface area contributed by atoms with Crippen LogP contribution in [0.25, 0.3) is 0 Å². The van der Waals surface area contributed by atoms with Crippen LogP contribution < -0.4 is 0 Å². The van der Waals surface area contributed by atoms with Gasteiger partial charge < -0.3 is 14.6 Å². The number of esters is 1. The lowest BCUT2D eigenvalue weighted by molar-refractivity contribution is -0.137. The number of hydrogen-bond donors (Lipinski definition) is 1. The lowest BCUT2D eigenvalue weighted by Gasteiger charge is -2.33. The summed E-state index contributed by atoms with van der Waals surface area (Å²) in [5.41, 5.74) is 0.568. The maximum absolute atomic E-state index is 12.7. The number of carbonyl (C=O) groups is 2. The van der Waals surface area contributed by atoms with Crippen molar-refractivity contribution in [1.82, 2.24) is 0 Å². The minimum absolute atomic E-state index is 0.170. The Kier molecular flexibility index (Phi) is 7.82. The van der Waals surface area contributed by atoms with E-state index in [-0.39, 0.29) is 12.2 Å². The highest BCUT2D eigenvalue weighted by atomic mass is 127. The molecule has 1 aliphatic heterocycles. The van der Waals surface area contributed by atoms with E-state index in [1.165, 1.54) is 13.2 Å². The van der Waals surface area contributed by atoms with Crippen LogP contribution in [0.2, 0.25) is 0 Å². The molecule has 0 amide bonds. The molecule has 29 heavy (non-hydrogen) atoms. The molecule has 156 valence electrons. The van der Waals surface area contributed by atoms with Crippen LogP contribution in [0.4, 0.5) is 0 Å². The van der Waals surface area contributed by atoms with Crippen LogP contribution in [-0.4, -0.2) is 29.1 Å². The maximum Gasteiger partial charge on any atom is 0.331 e. The molecule has 0 saturated heterocycles. The fourth-order valence-corrected chi connectivity index (χ4v) is 3.97. The molecule has 5 nitrogen and oxygen atoms in total. The molecule has 0 aromatic heterocycles. The van der Waals surface area contributed by atoms with Gasteiger partial charge in [-0.05, 0) is 61.4 Å². The van der Waals surface area contributed by atoms with Crippen molar-refractivity contribution in [3.63, 3.8) is 0 Å². The van der Waals surface area contributed by atoms with E-state index in [2.05, 4.69) is 19.9 Å². The first-order chi connectivity index (χ1) is 13.6. The quantitative estimate of drug-likeness (QED) is 0.240. The average molecular weight is 510 g/mol. The smallest absolute Gasteiger partial charge is 0.331 e. The Bertz CT molecular complexity index is 881. The molecule has 1 heterocycles. The molecule has 1 N–H and O–H groups in total. The molecule has 2 aliphatic rings. The fourth-order valence-electron chi connectivity index (χ4n) is 3.00. The van der Waals surface area contributed by atoms with Gasteiger partial charge in [-0.15, -0.1) is 0 Å². The van der Waals surface area contributed by atoms with Crippen LogP contribution in [0.15, 0.2) is 68.3 Å². The highest BCUT2D eigenvalue weighted by Crippen LogP contribution is 2.43. The van der Waals surface area contributed by atoms with Crippen molar-refractivity contribution in [3.05, 3.63) is 68.3 Å². The molecule has 0 bridgehead atoms. The molecule has 6 heteroatoms. The summed E-state index contributed by atoms with van der Waals surface area (Å²) < 4.78 is 11.0. The van der Waals surface area contributed by atoms with E-state index in [0.717, 1.165) is 18.1 Å². The van der Waals surface area contributed by atoms with Gasteiger partial charge in [0.1, 0.15) is 5.76 Å². The number of hydrogen-bond acceptors (Lipinski definition) is 5. The van der Waals surface area contributed by atoms with E-state index < -0.39 is 17.4 Å². The molecule has 0 fully saturated rings. The fraction of sp³-hybridized carbons (Fsp3) is 0.391. The van der Waals surface area contributed by atoms with Crippen molar-refractivity contribution in [2.24, 2.45) is 5.92 Å². The second-order valence-corrected chi connectivity index (χ2v) is 8.34. The van der Waals surface area contributed by atoms with Crippen molar-refractivity contribution in [1.29, 1.82) is 0 Å². The summed E-state index contributed by atoms with van der Waals surface area (Å²) in [6.45, 7) is 9.59. The topological polar surface area (TPSA) is 72.8 Å². The normalized spacial score (nSPS) is 24.9.